The number of likely N-dealkylation sites (tertiary alicyclic amines) is 1. The maximum absolute atomic E-state index is 13.7. The zero-order valence-electron chi connectivity index (χ0n) is 16.9. The van der Waals surface area contributed by atoms with E-state index in [1.165, 1.54) is 11.6 Å². The summed E-state index contributed by atoms with van der Waals surface area (Å²) in [6.45, 7) is 2.59. The van der Waals surface area contributed by atoms with Crippen molar-refractivity contribution in [1.29, 1.82) is 0 Å². The van der Waals surface area contributed by atoms with Gasteiger partial charge in [-0.1, -0.05) is 6.07 Å². The monoisotopic (exact) mass is 425 g/mol. The number of alkyl halides is 1. The molecule has 0 spiro atoms. The molecule has 1 fully saturated rings. The highest BCUT2D eigenvalue weighted by Crippen LogP contribution is 2.27. The minimum absolute atomic E-state index is 0.192. The van der Waals surface area contributed by atoms with E-state index in [2.05, 4.69) is 15.1 Å². The molecule has 4 rings (SSSR count). The average molecular weight is 425 g/mol. The number of hydrogen-bond donors (Lipinski definition) is 1. The molecule has 1 N–H and O–H groups in total. The fourth-order valence-electron chi connectivity index (χ4n) is 3.79. The van der Waals surface area contributed by atoms with Crippen LogP contribution in [0, 0.1) is 6.92 Å². The predicted octanol–water partition coefficient (Wildman–Crippen LogP) is 2.03. The number of halogens is 1. The first-order valence-electron chi connectivity index (χ1n) is 9.71. The molecule has 0 radical (unpaired) electrons. The Balaban J connectivity index is 1.70. The van der Waals surface area contributed by atoms with E-state index in [9.17, 15) is 23.9 Å². The SMILES string of the molecule is CC(=O)c1nn(CC(=O)N2C[C@H](F)C[C@H]2C(=O)O)c2ccc(-c3cnc(C)nc3)cc12. The van der Waals surface area contributed by atoms with Gasteiger partial charge in [-0.05, 0) is 24.6 Å². The Bertz CT molecular complexity index is 1190. The van der Waals surface area contributed by atoms with Crippen molar-refractivity contribution in [1.82, 2.24) is 24.6 Å². The van der Waals surface area contributed by atoms with Crippen LogP contribution in [0.4, 0.5) is 4.39 Å². The van der Waals surface area contributed by atoms with Gasteiger partial charge in [0.05, 0.1) is 12.1 Å². The van der Waals surface area contributed by atoms with Crippen LogP contribution >= 0.6 is 0 Å². The lowest BCUT2D eigenvalue weighted by atomic mass is 10.0. The van der Waals surface area contributed by atoms with Crippen molar-refractivity contribution in [2.75, 3.05) is 6.54 Å². The predicted molar refractivity (Wildman–Crippen MR) is 108 cm³/mol. The molecule has 0 saturated carbocycles. The van der Waals surface area contributed by atoms with Crippen molar-refractivity contribution in [2.24, 2.45) is 0 Å². The Morgan fingerprint density at radius 3 is 2.55 bits per heavy atom. The number of amides is 1. The topological polar surface area (TPSA) is 118 Å². The number of rotatable bonds is 5. The molecule has 2 atom stereocenters. The molecule has 31 heavy (non-hydrogen) atoms. The number of carbonyl (C=O) groups excluding carboxylic acids is 2. The summed E-state index contributed by atoms with van der Waals surface area (Å²) in [4.78, 5) is 45.7. The molecule has 1 saturated heterocycles. The first-order valence-corrected chi connectivity index (χ1v) is 9.71. The third-order valence-corrected chi connectivity index (χ3v) is 5.34. The van der Waals surface area contributed by atoms with E-state index in [1.807, 2.05) is 0 Å². The fraction of sp³-hybridized carbons (Fsp3) is 0.333. The van der Waals surface area contributed by atoms with Crippen LogP contribution in [-0.2, 0) is 16.1 Å². The van der Waals surface area contributed by atoms with Gasteiger partial charge in [0, 0.05) is 36.7 Å². The van der Waals surface area contributed by atoms with Gasteiger partial charge in [0.15, 0.2) is 5.78 Å². The van der Waals surface area contributed by atoms with Crippen LogP contribution in [0.3, 0.4) is 0 Å². The normalized spacial score (nSPS) is 18.5. The van der Waals surface area contributed by atoms with Gasteiger partial charge in [0.1, 0.15) is 30.3 Å². The number of ketones is 1. The lowest BCUT2D eigenvalue weighted by Crippen LogP contribution is -2.42. The number of benzene rings is 1. The third-order valence-electron chi connectivity index (χ3n) is 5.34. The Hall–Kier alpha value is -3.69. The molecular formula is C21H20FN5O4. The number of aliphatic carboxylic acids is 1. The van der Waals surface area contributed by atoms with Crippen LogP contribution < -0.4 is 0 Å². The minimum Gasteiger partial charge on any atom is -0.480 e. The van der Waals surface area contributed by atoms with Crippen LogP contribution in [0.25, 0.3) is 22.0 Å². The average Bonchev–Trinajstić information content (AvgIpc) is 3.29. The molecule has 0 unspecified atom stereocenters. The largest absolute Gasteiger partial charge is 0.480 e. The van der Waals surface area contributed by atoms with Crippen molar-refractivity contribution in [2.45, 2.75) is 39.0 Å². The number of aryl methyl sites for hydroxylation is 1. The maximum Gasteiger partial charge on any atom is 0.326 e. The van der Waals surface area contributed by atoms with Crippen molar-refractivity contribution in [3.63, 3.8) is 0 Å². The Labute approximate surface area is 176 Å². The summed E-state index contributed by atoms with van der Waals surface area (Å²) in [5.41, 5.74) is 2.28. The summed E-state index contributed by atoms with van der Waals surface area (Å²) < 4.78 is 15.1. The lowest BCUT2D eigenvalue weighted by molar-refractivity contribution is -0.148. The van der Waals surface area contributed by atoms with Crippen LogP contribution in [0.5, 0.6) is 0 Å². The number of nitrogens with zero attached hydrogens (tertiary/aromatic N) is 5. The van der Waals surface area contributed by atoms with E-state index >= 15 is 0 Å². The standard InChI is InChI=1S/C21H20FN5O4/c1-11(28)20-16-5-13(14-7-23-12(2)24-8-14)3-4-17(16)27(25-20)10-19(29)26-9-15(22)6-18(26)21(30)31/h3-5,7-8,15,18H,6,9-10H2,1-2H3,(H,30,31)/t15-,18+/m1/s1. The van der Waals surface area contributed by atoms with Gasteiger partial charge in [0.2, 0.25) is 5.91 Å². The second-order valence-corrected chi connectivity index (χ2v) is 7.55. The van der Waals surface area contributed by atoms with Crippen LogP contribution in [0.15, 0.2) is 30.6 Å². The molecule has 1 aliphatic rings. The third kappa shape index (κ3) is 3.88. The first kappa shape index (κ1) is 20.6. The van der Waals surface area contributed by atoms with E-state index in [-0.39, 0.29) is 31.0 Å². The summed E-state index contributed by atoms with van der Waals surface area (Å²) >= 11 is 0. The highest BCUT2D eigenvalue weighted by molar-refractivity contribution is 6.06. The van der Waals surface area contributed by atoms with E-state index in [4.69, 9.17) is 0 Å². The van der Waals surface area contributed by atoms with Crippen molar-refractivity contribution >= 4 is 28.6 Å². The molecule has 1 aliphatic heterocycles. The summed E-state index contributed by atoms with van der Waals surface area (Å²) in [6, 6.07) is 4.11. The highest BCUT2D eigenvalue weighted by atomic mass is 19.1. The number of carboxylic acids is 1. The Morgan fingerprint density at radius 1 is 1.19 bits per heavy atom. The molecule has 10 heteroatoms. The fourth-order valence-corrected chi connectivity index (χ4v) is 3.79. The van der Waals surface area contributed by atoms with Crippen molar-refractivity contribution in [3.8, 4) is 11.1 Å². The van der Waals surface area contributed by atoms with E-state index in [1.54, 1.807) is 37.5 Å². The number of Topliss-reactive ketones (excluding diaryl/α,β-unsaturated/α-hetero) is 1. The van der Waals surface area contributed by atoms with Crippen LogP contribution in [-0.4, -0.2) is 66.2 Å². The summed E-state index contributed by atoms with van der Waals surface area (Å²) in [5.74, 6) is -1.45. The lowest BCUT2D eigenvalue weighted by Gasteiger charge is -2.21. The molecule has 160 valence electrons. The zero-order chi connectivity index (χ0) is 22.3. The van der Waals surface area contributed by atoms with Crippen molar-refractivity contribution in [3.05, 3.63) is 42.1 Å². The van der Waals surface area contributed by atoms with Crippen LogP contribution in [0.1, 0.15) is 29.7 Å². The number of fused-ring (bicyclic) bond motifs is 1. The quantitative estimate of drug-likeness (QED) is 0.621. The number of carbonyl (C=O) groups is 3. The summed E-state index contributed by atoms with van der Waals surface area (Å²) in [5, 5.41) is 14.1. The Morgan fingerprint density at radius 2 is 1.90 bits per heavy atom. The molecular weight excluding hydrogens is 405 g/mol. The second-order valence-electron chi connectivity index (χ2n) is 7.55. The maximum atomic E-state index is 13.7. The van der Waals surface area contributed by atoms with Gasteiger partial charge in [-0.3, -0.25) is 14.3 Å². The molecule has 3 heterocycles. The van der Waals surface area contributed by atoms with E-state index in [0.717, 1.165) is 16.0 Å². The van der Waals surface area contributed by atoms with E-state index in [0.29, 0.717) is 16.7 Å². The Kier molecular flexibility index (Phi) is 5.22. The van der Waals surface area contributed by atoms with Gasteiger partial charge >= 0.3 is 5.97 Å². The molecule has 0 aliphatic carbocycles. The summed E-state index contributed by atoms with van der Waals surface area (Å²) in [7, 11) is 0. The molecule has 2 aromatic heterocycles. The second kappa shape index (κ2) is 7.86. The molecule has 1 aromatic carbocycles. The molecule has 0 bridgehead atoms. The van der Waals surface area contributed by atoms with Gasteiger partial charge in [-0.15, -0.1) is 0 Å². The van der Waals surface area contributed by atoms with Gasteiger partial charge < -0.3 is 10.0 Å². The minimum atomic E-state index is -1.38. The first-order chi connectivity index (χ1) is 14.7. The highest BCUT2D eigenvalue weighted by Gasteiger charge is 2.40. The number of aromatic nitrogens is 4. The van der Waals surface area contributed by atoms with Crippen molar-refractivity contribution < 1.29 is 23.9 Å². The summed E-state index contributed by atoms with van der Waals surface area (Å²) in [6.07, 6.45) is 1.74. The smallest absolute Gasteiger partial charge is 0.326 e. The zero-order valence-corrected chi connectivity index (χ0v) is 16.9. The molecule has 1 amide bonds. The van der Waals surface area contributed by atoms with Crippen LogP contribution in [0.2, 0.25) is 0 Å². The van der Waals surface area contributed by atoms with E-state index < -0.39 is 24.1 Å². The van der Waals surface area contributed by atoms with Gasteiger partial charge in [-0.25, -0.2) is 19.2 Å². The van der Waals surface area contributed by atoms with Gasteiger partial charge in [0.25, 0.3) is 0 Å². The number of carboxylic acid groups (broad SMARTS) is 1. The molecule has 3 aromatic rings. The molecule has 9 nitrogen and oxygen atoms in total. The number of hydrogen-bond acceptors (Lipinski definition) is 6. The van der Waals surface area contributed by atoms with Gasteiger partial charge in [-0.2, -0.15) is 5.10 Å².